The maximum absolute atomic E-state index is 13.4. The van der Waals surface area contributed by atoms with Crippen LogP contribution < -0.4 is 5.32 Å². The fraction of sp³-hybridized carbons (Fsp3) is 0.686. The normalized spacial score (nSPS) is 19.5. The van der Waals surface area contributed by atoms with Crippen LogP contribution in [0.15, 0.2) is 122 Å². The first-order valence-electron chi connectivity index (χ1n) is 32.3. The molecule has 0 aliphatic carbocycles. The number of rotatable bonds is 53. The Morgan fingerprint density at radius 3 is 1.36 bits per heavy atom. The van der Waals surface area contributed by atoms with E-state index in [0.29, 0.717) is 19.3 Å². The largest absolute Gasteiger partial charge is 0.454 e. The van der Waals surface area contributed by atoms with Crippen molar-refractivity contribution >= 4 is 11.9 Å². The molecule has 0 aromatic carbocycles. The molecule has 6 N–H and O–H groups in total. The predicted molar refractivity (Wildman–Crippen MR) is 338 cm³/mol. The van der Waals surface area contributed by atoms with E-state index in [2.05, 4.69) is 129 Å². The van der Waals surface area contributed by atoms with Crippen LogP contribution in [0.25, 0.3) is 0 Å². The fourth-order valence-corrected chi connectivity index (χ4v) is 9.25. The van der Waals surface area contributed by atoms with E-state index in [4.69, 9.17) is 14.2 Å². The van der Waals surface area contributed by atoms with E-state index >= 15 is 0 Å². The fourth-order valence-electron chi connectivity index (χ4n) is 9.25. The van der Waals surface area contributed by atoms with E-state index in [1.165, 1.54) is 83.5 Å². The SMILES string of the molecule is CC/C=C\C/C=C\C/C=C\C/C=C\C/C=C\C/C=C\CCCC(O)C(=O)NC(COC1OC(CO)C(O)C(O)C1OC(=O)CCCCCCCCCC/C=C\C/C=C\C/C=C\CCCCC)C(O)/C=C/CCCCCCCCCCC. The quantitative estimate of drug-likeness (QED) is 0.0195. The molecule has 0 radical (unpaired) electrons. The van der Waals surface area contributed by atoms with Crippen molar-refractivity contribution in [3.05, 3.63) is 122 Å². The summed E-state index contributed by atoms with van der Waals surface area (Å²) in [6, 6.07) is -1.06. The van der Waals surface area contributed by atoms with Crippen LogP contribution in [-0.2, 0) is 23.8 Å². The van der Waals surface area contributed by atoms with Crippen LogP contribution in [0.5, 0.6) is 0 Å². The lowest BCUT2D eigenvalue weighted by Gasteiger charge is -2.41. The van der Waals surface area contributed by atoms with Gasteiger partial charge in [0.25, 0.3) is 0 Å². The predicted octanol–water partition coefficient (Wildman–Crippen LogP) is 15.8. The van der Waals surface area contributed by atoms with Gasteiger partial charge in [0, 0.05) is 6.42 Å². The van der Waals surface area contributed by atoms with Gasteiger partial charge < -0.3 is 45.1 Å². The van der Waals surface area contributed by atoms with Crippen LogP contribution in [0.3, 0.4) is 0 Å². The van der Waals surface area contributed by atoms with Crippen molar-refractivity contribution in [2.45, 2.75) is 294 Å². The van der Waals surface area contributed by atoms with E-state index < -0.39 is 67.4 Å². The highest BCUT2D eigenvalue weighted by Crippen LogP contribution is 2.26. The summed E-state index contributed by atoms with van der Waals surface area (Å²) in [4.78, 5) is 26.6. The number of carbonyl (C=O) groups is 2. The first-order valence-corrected chi connectivity index (χ1v) is 32.3. The molecule has 1 aliphatic rings. The molecular weight excluding hydrogens is 1010 g/mol. The Labute approximate surface area is 493 Å². The first-order chi connectivity index (χ1) is 39.7. The lowest BCUT2D eigenvalue weighted by atomic mass is 9.99. The summed E-state index contributed by atoms with van der Waals surface area (Å²) >= 11 is 0. The topological polar surface area (TPSA) is 175 Å². The highest BCUT2D eigenvalue weighted by atomic mass is 16.7. The Bertz CT molecular complexity index is 1780. The van der Waals surface area contributed by atoms with Crippen molar-refractivity contribution in [1.82, 2.24) is 5.32 Å². The molecule has 1 fully saturated rings. The summed E-state index contributed by atoms with van der Waals surface area (Å²) in [7, 11) is 0. The van der Waals surface area contributed by atoms with Gasteiger partial charge in [-0.05, 0) is 116 Å². The molecule has 1 saturated heterocycles. The molecule has 0 bridgehead atoms. The summed E-state index contributed by atoms with van der Waals surface area (Å²) in [6.07, 6.45) is 68.1. The lowest BCUT2D eigenvalue weighted by molar-refractivity contribution is -0.305. The second-order valence-corrected chi connectivity index (χ2v) is 21.8. The average Bonchev–Trinajstić information content (AvgIpc) is 3.51. The van der Waals surface area contributed by atoms with Crippen molar-refractivity contribution in [3.63, 3.8) is 0 Å². The molecule has 1 heterocycles. The number of aliphatic hydroxyl groups excluding tert-OH is 5. The monoisotopic (exact) mass is 1130 g/mol. The van der Waals surface area contributed by atoms with Gasteiger partial charge in [0.1, 0.15) is 24.4 Å². The molecule has 1 amide bonds. The third-order valence-corrected chi connectivity index (χ3v) is 14.3. The molecule has 8 unspecified atom stereocenters. The van der Waals surface area contributed by atoms with E-state index in [0.717, 1.165) is 109 Å². The van der Waals surface area contributed by atoms with Crippen molar-refractivity contribution in [2.24, 2.45) is 0 Å². The van der Waals surface area contributed by atoms with Crippen molar-refractivity contribution in [2.75, 3.05) is 13.2 Å². The molecule has 11 heteroatoms. The molecule has 8 atom stereocenters. The number of ether oxygens (including phenoxy) is 3. The standard InChI is InChI=1S/C70H117NO10/c1-4-7-10-13-16-19-22-24-26-28-30-32-34-36-38-40-43-46-49-52-55-58-65(75)81-68-67(77)66(76)64(59-72)80-70(68)79-60-61(62(73)56-53-50-47-44-41-21-18-15-12-9-6-3)71-69(78)63(74)57-54-51-48-45-42-39-37-35-33-31-29-27-25-23-20-17-14-11-8-5-2/h8,11,16-17,19-20,24-27,30-33,37,39,45,48,53,56,61-64,66-68,70,72-74,76-77H,4-7,9-10,12-15,18,21-23,28-29,34-36,38,40-44,46-47,49-52,54-55,57-60H2,1-3H3,(H,71,78)/b11-8-,19-16-,20-17-,26-24-,27-25-,32-30-,33-31-,39-37-,48-45-,56-53+. The number of allylic oxidation sites excluding steroid dienone is 19. The minimum Gasteiger partial charge on any atom is -0.454 e. The maximum atomic E-state index is 13.4. The third kappa shape index (κ3) is 44.3. The Morgan fingerprint density at radius 2 is 0.889 bits per heavy atom. The Kier molecular flexibility index (Phi) is 52.4. The Morgan fingerprint density at radius 1 is 0.494 bits per heavy atom. The highest BCUT2D eigenvalue weighted by molar-refractivity contribution is 5.80. The Balaban J connectivity index is 2.68. The zero-order valence-electron chi connectivity index (χ0n) is 51.1. The molecule has 11 nitrogen and oxygen atoms in total. The van der Waals surface area contributed by atoms with Gasteiger partial charge >= 0.3 is 5.97 Å². The van der Waals surface area contributed by atoms with Crippen LogP contribution in [0, 0.1) is 0 Å². The second kappa shape index (κ2) is 56.5. The smallest absolute Gasteiger partial charge is 0.306 e. The zero-order chi connectivity index (χ0) is 58.9. The van der Waals surface area contributed by atoms with Crippen LogP contribution in [0.2, 0.25) is 0 Å². The van der Waals surface area contributed by atoms with E-state index in [1.54, 1.807) is 6.08 Å². The summed E-state index contributed by atoms with van der Waals surface area (Å²) in [6.45, 7) is 5.60. The number of unbranched alkanes of at least 4 members (excludes halogenated alkanes) is 21. The maximum Gasteiger partial charge on any atom is 0.306 e. The first kappa shape index (κ1) is 75.1. The van der Waals surface area contributed by atoms with Crippen molar-refractivity contribution in [1.29, 1.82) is 0 Å². The van der Waals surface area contributed by atoms with Crippen molar-refractivity contribution < 1.29 is 49.3 Å². The van der Waals surface area contributed by atoms with Crippen molar-refractivity contribution in [3.8, 4) is 0 Å². The summed E-state index contributed by atoms with van der Waals surface area (Å²) in [5, 5.41) is 57.0. The van der Waals surface area contributed by atoms with Gasteiger partial charge in [-0.15, -0.1) is 0 Å². The molecular formula is C70H117NO10. The summed E-state index contributed by atoms with van der Waals surface area (Å²) < 4.78 is 17.6. The minimum absolute atomic E-state index is 0.103. The minimum atomic E-state index is -1.63. The van der Waals surface area contributed by atoms with E-state index in [9.17, 15) is 35.1 Å². The Hall–Kier alpha value is -3.94. The number of nitrogens with one attached hydrogen (secondary N) is 1. The summed E-state index contributed by atoms with van der Waals surface area (Å²) in [5.41, 5.74) is 0. The second-order valence-electron chi connectivity index (χ2n) is 21.8. The van der Waals surface area contributed by atoms with E-state index in [1.807, 2.05) is 12.2 Å². The van der Waals surface area contributed by atoms with Gasteiger partial charge in [-0.3, -0.25) is 9.59 Å². The number of hydrogen-bond donors (Lipinski definition) is 6. The zero-order valence-corrected chi connectivity index (χ0v) is 51.1. The van der Waals surface area contributed by atoms with Gasteiger partial charge in [-0.25, -0.2) is 0 Å². The van der Waals surface area contributed by atoms with Crippen LogP contribution in [0.1, 0.15) is 245 Å². The molecule has 462 valence electrons. The number of aliphatic hydroxyl groups is 5. The number of esters is 1. The highest BCUT2D eigenvalue weighted by Gasteiger charge is 2.47. The van der Waals surface area contributed by atoms with Gasteiger partial charge in [-0.1, -0.05) is 245 Å². The molecule has 0 spiro atoms. The molecule has 0 aromatic heterocycles. The molecule has 1 aliphatic heterocycles. The number of carbonyl (C=O) groups excluding carboxylic acids is 2. The van der Waals surface area contributed by atoms with Crippen LogP contribution >= 0.6 is 0 Å². The van der Waals surface area contributed by atoms with Crippen LogP contribution in [-0.4, -0.2) is 99.6 Å². The summed E-state index contributed by atoms with van der Waals surface area (Å²) in [5.74, 6) is -1.26. The van der Waals surface area contributed by atoms with Gasteiger partial charge in [0.2, 0.25) is 5.91 Å². The molecule has 81 heavy (non-hydrogen) atoms. The van der Waals surface area contributed by atoms with Crippen LogP contribution in [0.4, 0.5) is 0 Å². The van der Waals surface area contributed by atoms with E-state index in [-0.39, 0.29) is 19.4 Å². The molecule has 0 saturated carbocycles. The molecule has 1 rings (SSSR count). The average molecular weight is 1130 g/mol. The number of amides is 1. The van der Waals surface area contributed by atoms with Gasteiger partial charge in [0.05, 0.1) is 25.4 Å². The van der Waals surface area contributed by atoms with Gasteiger partial charge in [0.15, 0.2) is 12.4 Å². The lowest BCUT2D eigenvalue weighted by Crippen LogP contribution is -2.61. The molecule has 0 aromatic rings. The number of hydrogen-bond acceptors (Lipinski definition) is 10. The third-order valence-electron chi connectivity index (χ3n) is 14.3. The van der Waals surface area contributed by atoms with Gasteiger partial charge in [-0.2, -0.15) is 0 Å².